The number of sulfonamides is 1. The van der Waals surface area contributed by atoms with Crippen LogP contribution in [0.2, 0.25) is 0 Å². The molecular weight excluding hydrogens is 430 g/mol. The fraction of sp³-hybridized carbons (Fsp3) is 0.263. The van der Waals surface area contributed by atoms with E-state index in [0.29, 0.717) is 42.5 Å². The molecule has 0 atom stereocenters. The molecule has 0 saturated carbocycles. The molecule has 0 spiro atoms. The maximum absolute atomic E-state index is 12.8. The molecule has 1 saturated heterocycles. The minimum absolute atomic E-state index is 0.0996. The third-order valence-corrected chi connectivity index (χ3v) is 7.17. The van der Waals surface area contributed by atoms with Crippen LogP contribution in [-0.4, -0.2) is 36.0 Å². The number of hydrogen-bond acceptors (Lipinski definition) is 5. The van der Waals surface area contributed by atoms with E-state index in [9.17, 15) is 8.42 Å². The Morgan fingerprint density at radius 1 is 1.00 bits per heavy atom. The van der Waals surface area contributed by atoms with Crippen molar-refractivity contribution in [3.05, 3.63) is 64.9 Å². The zero-order chi connectivity index (χ0) is 18.9. The third kappa shape index (κ3) is 3.83. The molecule has 140 valence electrons. The average molecular weight is 448 g/mol. The molecule has 4 rings (SSSR count). The average Bonchev–Trinajstić information content (AvgIpc) is 3.19. The number of benzene rings is 2. The zero-order valence-electron chi connectivity index (χ0n) is 14.5. The van der Waals surface area contributed by atoms with Gasteiger partial charge in [-0.15, -0.1) is 0 Å². The topological polar surface area (TPSA) is 76.3 Å². The number of halogens is 1. The Balaban J connectivity index is 1.45. The molecule has 3 aromatic rings. The van der Waals surface area contributed by atoms with Crippen molar-refractivity contribution in [1.29, 1.82) is 0 Å². The zero-order valence-corrected chi connectivity index (χ0v) is 16.9. The summed E-state index contributed by atoms with van der Waals surface area (Å²) in [4.78, 5) is 4.82. The van der Waals surface area contributed by atoms with Gasteiger partial charge >= 0.3 is 0 Å². The fourth-order valence-corrected chi connectivity index (χ4v) is 4.94. The standard InChI is InChI=1S/C19H18BrN3O3S/c20-16-6-8-17(9-7-16)27(24,25)23-12-10-14(11-13-23)18-21-19(26-22-18)15-4-2-1-3-5-15/h1-9,14H,10-13H2. The Bertz CT molecular complexity index is 1010. The van der Waals surface area contributed by atoms with E-state index in [2.05, 4.69) is 26.1 Å². The normalized spacial score (nSPS) is 16.5. The van der Waals surface area contributed by atoms with E-state index in [1.54, 1.807) is 24.3 Å². The van der Waals surface area contributed by atoms with Crippen molar-refractivity contribution in [3.63, 3.8) is 0 Å². The molecule has 6 nitrogen and oxygen atoms in total. The molecule has 8 heteroatoms. The predicted octanol–water partition coefficient (Wildman–Crippen LogP) is 4.07. The quantitative estimate of drug-likeness (QED) is 0.602. The summed E-state index contributed by atoms with van der Waals surface area (Å²) < 4.78 is 33.4. The van der Waals surface area contributed by atoms with Gasteiger partial charge in [0.1, 0.15) is 0 Å². The van der Waals surface area contributed by atoms with Gasteiger partial charge in [0.2, 0.25) is 10.0 Å². The summed E-state index contributed by atoms with van der Waals surface area (Å²) in [5.74, 6) is 1.24. The lowest BCUT2D eigenvalue weighted by Crippen LogP contribution is -2.38. The predicted molar refractivity (Wildman–Crippen MR) is 105 cm³/mol. The Morgan fingerprint density at radius 3 is 2.33 bits per heavy atom. The molecule has 0 radical (unpaired) electrons. The Morgan fingerprint density at radius 2 is 1.67 bits per heavy atom. The lowest BCUT2D eigenvalue weighted by Gasteiger charge is -2.29. The molecule has 2 heterocycles. The van der Waals surface area contributed by atoms with E-state index in [1.807, 2.05) is 30.3 Å². The van der Waals surface area contributed by atoms with Crippen LogP contribution in [0, 0.1) is 0 Å². The second-order valence-electron chi connectivity index (χ2n) is 6.46. The van der Waals surface area contributed by atoms with Gasteiger partial charge in [0.25, 0.3) is 5.89 Å². The van der Waals surface area contributed by atoms with E-state index in [4.69, 9.17) is 4.52 Å². The van der Waals surface area contributed by atoms with Crippen LogP contribution in [0.1, 0.15) is 24.6 Å². The molecular formula is C19H18BrN3O3S. The molecule has 2 aromatic carbocycles. The molecule has 0 N–H and O–H groups in total. The van der Waals surface area contributed by atoms with Gasteiger partial charge < -0.3 is 4.52 Å². The van der Waals surface area contributed by atoms with Crippen LogP contribution in [-0.2, 0) is 10.0 Å². The van der Waals surface area contributed by atoms with Gasteiger partial charge in [0.15, 0.2) is 5.82 Å². The Labute approximate surface area is 166 Å². The minimum atomic E-state index is -3.47. The van der Waals surface area contributed by atoms with Gasteiger partial charge in [-0.25, -0.2) is 8.42 Å². The largest absolute Gasteiger partial charge is 0.334 e. The summed E-state index contributed by atoms with van der Waals surface area (Å²) >= 11 is 3.33. The summed E-state index contributed by atoms with van der Waals surface area (Å²) in [7, 11) is -3.47. The van der Waals surface area contributed by atoms with E-state index >= 15 is 0 Å². The van der Waals surface area contributed by atoms with Gasteiger partial charge in [-0.05, 0) is 49.2 Å². The number of aromatic nitrogens is 2. The smallest absolute Gasteiger partial charge is 0.257 e. The van der Waals surface area contributed by atoms with E-state index in [-0.39, 0.29) is 5.92 Å². The SMILES string of the molecule is O=S(=O)(c1ccc(Br)cc1)N1CCC(c2noc(-c3ccccc3)n2)CC1. The van der Waals surface area contributed by atoms with E-state index in [0.717, 1.165) is 10.0 Å². The van der Waals surface area contributed by atoms with Crippen molar-refractivity contribution >= 4 is 26.0 Å². The summed E-state index contributed by atoms with van der Waals surface area (Å²) in [5, 5.41) is 4.11. The first-order valence-corrected chi connectivity index (χ1v) is 10.9. The van der Waals surface area contributed by atoms with Gasteiger partial charge in [-0.2, -0.15) is 9.29 Å². The minimum Gasteiger partial charge on any atom is -0.334 e. The van der Waals surface area contributed by atoms with Crippen molar-refractivity contribution < 1.29 is 12.9 Å². The molecule has 0 bridgehead atoms. The van der Waals surface area contributed by atoms with Crippen LogP contribution in [0.5, 0.6) is 0 Å². The van der Waals surface area contributed by atoms with Crippen molar-refractivity contribution in [2.24, 2.45) is 0 Å². The number of nitrogens with zero attached hydrogens (tertiary/aromatic N) is 3. The Hall–Kier alpha value is -2.03. The third-order valence-electron chi connectivity index (χ3n) is 4.73. The second kappa shape index (κ2) is 7.53. The number of piperidine rings is 1. The van der Waals surface area contributed by atoms with Crippen molar-refractivity contribution in [2.45, 2.75) is 23.7 Å². The summed E-state index contributed by atoms with van der Waals surface area (Å²) in [6.45, 7) is 0.885. The van der Waals surface area contributed by atoms with E-state index in [1.165, 1.54) is 4.31 Å². The van der Waals surface area contributed by atoms with Crippen LogP contribution in [0.4, 0.5) is 0 Å². The molecule has 0 amide bonds. The maximum Gasteiger partial charge on any atom is 0.257 e. The van der Waals surface area contributed by atoms with Gasteiger partial charge in [-0.1, -0.05) is 39.3 Å². The monoisotopic (exact) mass is 447 g/mol. The van der Waals surface area contributed by atoms with Crippen LogP contribution in [0.25, 0.3) is 11.5 Å². The Kier molecular flexibility index (Phi) is 5.12. The van der Waals surface area contributed by atoms with Gasteiger partial charge in [0.05, 0.1) is 4.90 Å². The second-order valence-corrected chi connectivity index (χ2v) is 9.31. The number of hydrogen-bond donors (Lipinski definition) is 0. The summed E-state index contributed by atoms with van der Waals surface area (Å²) in [6.07, 6.45) is 1.34. The van der Waals surface area contributed by atoms with Crippen LogP contribution in [0.15, 0.2) is 68.5 Å². The van der Waals surface area contributed by atoms with E-state index < -0.39 is 10.0 Å². The van der Waals surface area contributed by atoms with Crippen LogP contribution >= 0.6 is 15.9 Å². The highest BCUT2D eigenvalue weighted by molar-refractivity contribution is 9.10. The first-order valence-electron chi connectivity index (χ1n) is 8.69. The molecule has 27 heavy (non-hydrogen) atoms. The highest BCUT2D eigenvalue weighted by Crippen LogP contribution is 2.30. The lowest BCUT2D eigenvalue weighted by atomic mass is 9.97. The fourth-order valence-electron chi connectivity index (χ4n) is 3.21. The molecule has 1 fully saturated rings. The van der Waals surface area contributed by atoms with Gasteiger partial charge in [0, 0.05) is 29.0 Å². The summed E-state index contributed by atoms with van der Waals surface area (Å²) in [6, 6.07) is 16.3. The first kappa shape index (κ1) is 18.3. The van der Waals surface area contributed by atoms with Gasteiger partial charge in [-0.3, -0.25) is 0 Å². The summed E-state index contributed by atoms with van der Waals surface area (Å²) in [5.41, 5.74) is 0.881. The number of rotatable bonds is 4. The van der Waals surface area contributed by atoms with Crippen LogP contribution < -0.4 is 0 Å². The van der Waals surface area contributed by atoms with Crippen LogP contribution in [0.3, 0.4) is 0 Å². The van der Waals surface area contributed by atoms with Crippen molar-refractivity contribution in [2.75, 3.05) is 13.1 Å². The first-order chi connectivity index (χ1) is 13.0. The highest BCUT2D eigenvalue weighted by atomic mass is 79.9. The van der Waals surface area contributed by atoms with Crippen molar-refractivity contribution in [3.8, 4) is 11.5 Å². The lowest BCUT2D eigenvalue weighted by molar-refractivity contribution is 0.307. The molecule has 1 aromatic heterocycles. The highest BCUT2D eigenvalue weighted by Gasteiger charge is 2.31. The maximum atomic E-state index is 12.8. The molecule has 0 aliphatic carbocycles. The molecule has 1 aliphatic rings. The molecule has 1 aliphatic heterocycles. The molecule has 0 unspecified atom stereocenters. The van der Waals surface area contributed by atoms with Crippen molar-refractivity contribution in [1.82, 2.24) is 14.4 Å².